The average Bonchev–Trinajstić information content (AvgIpc) is 3.19. The Morgan fingerprint density at radius 2 is 1.69 bits per heavy atom. The van der Waals surface area contributed by atoms with E-state index < -0.39 is 6.03 Å². The van der Waals surface area contributed by atoms with E-state index in [-0.39, 0.29) is 23.4 Å². The van der Waals surface area contributed by atoms with Crippen LogP contribution in [0, 0.1) is 6.92 Å². The van der Waals surface area contributed by atoms with Crippen molar-refractivity contribution >= 4 is 52.4 Å². The van der Waals surface area contributed by atoms with Crippen LogP contribution in [0.5, 0.6) is 23.0 Å². The molecule has 0 unspecified atom stereocenters. The molecule has 4 aromatic rings. The molecule has 11 nitrogen and oxygen atoms in total. The molecule has 0 bridgehead atoms. The lowest BCUT2D eigenvalue weighted by atomic mass is 10.2. The number of nitrogens with one attached hydrogen (secondary N) is 2. The van der Waals surface area contributed by atoms with Crippen molar-refractivity contribution in [2.45, 2.75) is 6.92 Å². The molecule has 6 N–H and O–H groups in total. The lowest BCUT2D eigenvalue weighted by Crippen LogP contribution is -2.19. The molecule has 2 aromatic heterocycles. The van der Waals surface area contributed by atoms with E-state index >= 15 is 0 Å². The number of hydrogen-bond acceptors (Lipinski definition) is 7. The van der Waals surface area contributed by atoms with Crippen LogP contribution in [-0.4, -0.2) is 41.3 Å². The van der Waals surface area contributed by atoms with Crippen LogP contribution >= 0.6 is 24.0 Å². The first-order valence-electron chi connectivity index (χ1n) is 9.46. The molecule has 2 amide bonds. The molecule has 0 atom stereocenters. The fourth-order valence-corrected chi connectivity index (χ4v) is 3.24. The zero-order valence-electron chi connectivity index (χ0n) is 18.8. The Kier molecular flexibility index (Phi) is 10.6. The molecule has 13 heteroatoms. The van der Waals surface area contributed by atoms with Gasteiger partial charge in [-0.15, -0.1) is 12.4 Å². The van der Waals surface area contributed by atoms with Crippen molar-refractivity contribution in [3.05, 3.63) is 59.4 Å². The van der Waals surface area contributed by atoms with Crippen LogP contribution in [0.25, 0.3) is 10.9 Å². The predicted octanol–water partition coefficient (Wildman–Crippen LogP) is 4.41. The lowest BCUT2D eigenvalue weighted by Gasteiger charge is -2.13. The number of carbonyl (C=O) groups excluding carboxylic acids is 1. The van der Waals surface area contributed by atoms with Crippen molar-refractivity contribution in [2.24, 2.45) is 0 Å². The number of ether oxygens (including phenoxy) is 3. The number of methoxy groups -OCH3 is 2. The minimum atomic E-state index is -0.505. The number of rotatable bonds is 6. The number of aryl methyl sites for hydroxylation is 1. The Bertz CT molecular complexity index is 1300. The second-order valence-electron chi connectivity index (χ2n) is 6.68. The molecule has 2 aromatic carbocycles. The summed E-state index contributed by atoms with van der Waals surface area (Å²) in [7, 11) is 3.13. The highest BCUT2D eigenvalue weighted by molar-refractivity contribution is 6.34. The quantitative estimate of drug-likeness (QED) is 0.374. The summed E-state index contributed by atoms with van der Waals surface area (Å²) in [4.78, 5) is 16.5. The molecule has 0 saturated carbocycles. The van der Waals surface area contributed by atoms with Gasteiger partial charge in [-0.05, 0) is 31.2 Å². The maximum absolute atomic E-state index is 12.2. The highest BCUT2D eigenvalue weighted by Crippen LogP contribution is 2.37. The highest BCUT2D eigenvalue weighted by Gasteiger charge is 2.13. The maximum atomic E-state index is 12.2. The summed E-state index contributed by atoms with van der Waals surface area (Å²) < 4.78 is 21.7. The molecule has 0 aliphatic carbocycles. The number of fused-ring (bicyclic) bond motifs is 1. The van der Waals surface area contributed by atoms with Gasteiger partial charge in [0.25, 0.3) is 0 Å². The maximum Gasteiger partial charge on any atom is 0.324 e. The number of amides is 2. The van der Waals surface area contributed by atoms with Gasteiger partial charge >= 0.3 is 6.03 Å². The molecule has 0 saturated heterocycles. The largest absolute Gasteiger partial charge is 0.493 e. The number of benzene rings is 2. The summed E-state index contributed by atoms with van der Waals surface area (Å²) >= 11 is 6.35. The number of carbonyl (C=O) groups is 1. The number of halogens is 2. The predicted molar refractivity (Wildman–Crippen MR) is 135 cm³/mol. The van der Waals surface area contributed by atoms with E-state index in [1.54, 1.807) is 69.8 Å². The van der Waals surface area contributed by atoms with Crippen molar-refractivity contribution in [3.8, 4) is 23.0 Å². The van der Waals surface area contributed by atoms with Crippen molar-refractivity contribution in [3.63, 3.8) is 0 Å². The summed E-state index contributed by atoms with van der Waals surface area (Å²) in [6.45, 7) is 1.73. The van der Waals surface area contributed by atoms with Crippen molar-refractivity contribution in [1.82, 2.24) is 10.1 Å². The normalized spacial score (nSPS) is 9.71. The molecule has 0 aliphatic heterocycles. The van der Waals surface area contributed by atoms with Gasteiger partial charge in [0.15, 0.2) is 17.3 Å². The summed E-state index contributed by atoms with van der Waals surface area (Å²) in [6, 6.07) is 11.3. The van der Waals surface area contributed by atoms with E-state index in [2.05, 4.69) is 20.8 Å². The lowest BCUT2D eigenvalue weighted by molar-refractivity contribution is 0.262. The van der Waals surface area contributed by atoms with Crippen LogP contribution in [-0.2, 0) is 0 Å². The molecular weight excluding hydrogens is 503 g/mol. The molecule has 0 aliphatic rings. The van der Waals surface area contributed by atoms with Crippen LogP contribution in [0.2, 0.25) is 5.02 Å². The molecule has 0 spiro atoms. The van der Waals surface area contributed by atoms with Crippen LogP contribution in [0.1, 0.15) is 5.76 Å². The van der Waals surface area contributed by atoms with Gasteiger partial charge in [0.05, 0.1) is 30.4 Å². The zero-order valence-corrected chi connectivity index (χ0v) is 20.4. The minimum Gasteiger partial charge on any atom is -0.493 e. The third-order valence-electron chi connectivity index (χ3n) is 4.49. The van der Waals surface area contributed by atoms with Gasteiger partial charge in [-0.25, -0.2) is 4.79 Å². The van der Waals surface area contributed by atoms with Gasteiger partial charge in [-0.2, -0.15) is 0 Å². The molecule has 2 heterocycles. The first-order chi connectivity index (χ1) is 15.5. The van der Waals surface area contributed by atoms with Crippen LogP contribution < -0.4 is 24.8 Å². The highest BCUT2D eigenvalue weighted by atomic mass is 35.5. The second kappa shape index (κ2) is 12.6. The Morgan fingerprint density at radius 1 is 0.971 bits per heavy atom. The average molecular weight is 527 g/mol. The topological polar surface area (TPSA) is 171 Å². The van der Waals surface area contributed by atoms with E-state index in [9.17, 15) is 4.79 Å². The van der Waals surface area contributed by atoms with Crippen molar-refractivity contribution < 1.29 is 34.5 Å². The van der Waals surface area contributed by atoms with E-state index in [4.69, 9.17) is 30.3 Å². The summed E-state index contributed by atoms with van der Waals surface area (Å²) in [6.07, 6.45) is 1.64. The van der Waals surface area contributed by atoms with Gasteiger partial charge in [-0.3, -0.25) is 10.3 Å². The number of nitrogens with zero attached hydrogens (tertiary/aromatic N) is 2. The van der Waals surface area contributed by atoms with Gasteiger partial charge in [0.2, 0.25) is 0 Å². The first-order valence-corrected chi connectivity index (χ1v) is 9.84. The molecule has 35 heavy (non-hydrogen) atoms. The summed E-state index contributed by atoms with van der Waals surface area (Å²) in [5.41, 5.74) is 1.09. The number of hydrogen-bond donors (Lipinski definition) is 2. The second-order valence-corrected chi connectivity index (χ2v) is 7.09. The van der Waals surface area contributed by atoms with Crippen molar-refractivity contribution in [2.75, 3.05) is 24.9 Å². The number of pyridine rings is 1. The monoisotopic (exact) mass is 526 g/mol. The molecular formula is C22H24Cl2N4O7. The van der Waals surface area contributed by atoms with Gasteiger partial charge in [-0.1, -0.05) is 16.8 Å². The Balaban J connectivity index is 0.00000204. The number of aromatic nitrogens is 2. The van der Waals surface area contributed by atoms with E-state index in [0.717, 1.165) is 5.39 Å². The standard InChI is InChI=1S/C22H19ClN4O5.ClH.2H2O/c1-12-8-21(27-32-12)26-22(28)25-16-5-4-13(9-15(16)23)31-18-6-7-24-17-11-20(30-3)19(29-2)10-14(17)18;;;/h4-11H,1-3H3,(H2,25,26,27,28);1H;2*1H2. The SMILES string of the molecule is COc1cc2nccc(Oc3ccc(NC(=O)Nc4cc(C)on4)c(Cl)c3)c2cc1OC.Cl.O.O. The summed E-state index contributed by atoms with van der Waals surface area (Å²) in [5, 5.41) is 9.96. The van der Waals surface area contributed by atoms with Gasteiger partial charge < -0.3 is 35.0 Å². The molecule has 0 radical (unpaired) electrons. The summed E-state index contributed by atoms with van der Waals surface area (Å²) in [5.74, 6) is 3.06. The fraction of sp³-hybridized carbons (Fsp3) is 0.136. The minimum absolute atomic E-state index is 0. The molecule has 4 rings (SSSR count). The molecule has 188 valence electrons. The number of urea groups is 1. The van der Waals surface area contributed by atoms with E-state index in [1.165, 1.54) is 0 Å². The van der Waals surface area contributed by atoms with Crippen LogP contribution in [0.15, 0.2) is 53.2 Å². The van der Waals surface area contributed by atoms with E-state index in [1.807, 2.05) is 0 Å². The van der Waals surface area contributed by atoms with Gasteiger partial charge in [0, 0.05) is 29.8 Å². The fourth-order valence-electron chi connectivity index (χ4n) is 3.02. The van der Waals surface area contributed by atoms with Crippen LogP contribution in [0.4, 0.5) is 16.3 Å². The Labute approximate surface area is 211 Å². The van der Waals surface area contributed by atoms with Crippen molar-refractivity contribution in [1.29, 1.82) is 0 Å². The number of anilines is 2. The van der Waals surface area contributed by atoms with Crippen LogP contribution in [0.3, 0.4) is 0 Å². The Hall–Kier alpha value is -3.77. The first kappa shape index (κ1) is 29.3. The third-order valence-corrected chi connectivity index (χ3v) is 4.81. The Morgan fingerprint density at radius 3 is 2.31 bits per heavy atom. The smallest absolute Gasteiger partial charge is 0.324 e. The van der Waals surface area contributed by atoms with Gasteiger partial charge in [0.1, 0.15) is 17.3 Å². The third kappa shape index (κ3) is 6.64. The molecule has 0 fully saturated rings. The van der Waals surface area contributed by atoms with E-state index in [0.29, 0.717) is 50.8 Å². The zero-order chi connectivity index (χ0) is 22.7.